The normalized spacial score (nSPS) is 15.5. The second kappa shape index (κ2) is 9.26. The number of aryl methyl sites for hydroxylation is 2. The number of furan rings is 1. The zero-order valence-corrected chi connectivity index (χ0v) is 21.0. The minimum absolute atomic E-state index is 0.0323. The van der Waals surface area contributed by atoms with Gasteiger partial charge in [0.15, 0.2) is 11.5 Å². The lowest BCUT2D eigenvalue weighted by Gasteiger charge is -2.27. The number of fused-ring (bicyclic) bond motifs is 1. The zero-order chi connectivity index (χ0) is 26.4. The molecule has 0 bridgehead atoms. The number of nitrogens with zero attached hydrogens (tertiary/aromatic N) is 1. The molecule has 1 N–H and O–H groups in total. The topological polar surface area (TPSA) is 97.0 Å². The van der Waals surface area contributed by atoms with Gasteiger partial charge in [-0.25, -0.2) is 0 Å². The number of aliphatic hydroxyl groups excluding tert-OH is 1. The highest BCUT2D eigenvalue weighted by atomic mass is 35.5. The van der Waals surface area contributed by atoms with Crippen molar-refractivity contribution in [2.24, 2.45) is 0 Å². The number of amides is 1. The number of hydrogen-bond acceptors (Lipinski definition) is 6. The summed E-state index contributed by atoms with van der Waals surface area (Å²) in [6.07, 6.45) is 0. The van der Waals surface area contributed by atoms with Crippen LogP contribution in [-0.4, -0.2) is 22.8 Å². The average Bonchev–Trinajstić information content (AvgIpc) is 3.39. The summed E-state index contributed by atoms with van der Waals surface area (Å²) < 4.78 is 10.9. The number of ketones is 1. The molecule has 4 aromatic rings. The fourth-order valence-electron chi connectivity index (χ4n) is 4.44. The van der Waals surface area contributed by atoms with Gasteiger partial charge in [0.2, 0.25) is 5.78 Å². The fraction of sp³-hybridized carbons (Fsp3) is 0.138. The Balaban J connectivity index is 1.64. The molecule has 8 heteroatoms. The van der Waals surface area contributed by atoms with E-state index in [4.69, 9.17) is 20.8 Å². The smallest absolute Gasteiger partial charge is 0.308 e. The van der Waals surface area contributed by atoms with Gasteiger partial charge in [-0.3, -0.25) is 19.3 Å². The van der Waals surface area contributed by atoms with Gasteiger partial charge in [-0.15, -0.1) is 0 Å². The molecule has 186 valence electrons. The van der Waals surface area contributed by atoms with Crippen LogP contribution in [0.15, 0.2) is 82.5 Å². The summed E-state index contributed by atoms with van der Waals surface area (Å²) in [5.41, 5.74) is 3.37. The Morgan fingerprint density at radius 3 is 2.38 bits per heavy atom. The van der Waals surface area contributed by atoms with Crippen LogP contribution in [0.25, 0.3) is 11.0 Å². The van der Waals surface area contributed by atoms with E-state index in [0.29, 0.717) is 33.0 Å². The number of benzene rings is 3. The Kier molecular flexibility index (Phi) is 6.09. The summed E-state index contributed by atoms with van der Waals surface area (Å²) in [5, 5.41) is 12.1. The molecule has 1 unspecified atom stereocenters. The molecule has 3 aromatic carbocycles. The second-order valence-electron chi connectivity index (χ2n) is 8.89. The molecule has 0 radical (unpaired) electrons. The van der Waals surface area contributed by atoms with Gasteiger partial charge >= 0.3 is 5.97 Å². The maximum atomic E-state index is 13.8. The quantitative estimate of drug-likeness (QED) is 0.187. The Morgan fingerprint density at radius 1 is 0.973 bits per heavy atom. The second-order valence-corrected chi connectivity index (χ2v) is 9.33. The predicted octanol–water partition coefficient (Wildman–Crippen LogP) is 6.41. The first-order valence-corrected chi connectivity index (χ1v) is 11.9. The molecular weight excluding hydrogens is 494 g/mol. The third-order valence-electron chi connectivity index (χ3n) is 6.38. The Hall–Kier alpha value is -4.36. The van der Waals surface area contributed by atoms with Gasteiger partial charge < -0.3 is 14.3 Å². The molecule has 1 aliphatic rings. The summed E-state index contributed by atoms with van der Waals surface area (Å²) in [4.78, 5) is 39.9. The molecule has 0 saturated carbocycles. The molecule has 2 heterocycles. The van der Waals surface area contributed by atoms with E-state index in [2.05, 4.69) is 0 Å². The van der Waals surface area contributed by atoms with E-state index in [1.54, 1.807) is 48.5 Å². The van der Waals surface area contributed by atoms with E-state index < -0.39 is 29.5 Å². The predicted molar refractivity (Wildman–Crippen MR) is 139 cm³/mol. The summed E-state index contributed by atoms with van der Waals surface area (Å²) in [6.45, 7) is 5.17. The first-order chi connectivity index (χ1) is 17.6. The summed E-state index contributed by atoms with van der Waals surface area (Å²) in [7, 11) is 0. The summed E-state index contributed by atoms with van der Waals surface area (Å²) >= 11 is 6.08. The largest absolute Gasteiger partial charge is 0.503 e. The van der Waals surface area contributed by atoms with Gasteiger partial charge in [0.25, 0.3) is 5.91 Å². The number of ether oxygens (including phenoxy) is 1. The van der Waals surface area contributed by atoms with E-state index in [-0.39, 0.29) is 11.3 Å². The number of carbonyl (C=O) groups excluding carboxylic acids is 3. The number of Topliss-reactive ketones (excluding diaryl/α,β-unsaturated/α-hetero) is 1. The molecule has 5 rings (SSSR count). The van der Waals surface area contributed by atoms with Crippen molar-refractivity contribution >= 4 is 45.9 Å². The van der Waals surface area contributed by atoms with Crippen LogP contribution in [0.5, 0.6) is 5.75 Å². The van der Waals surface area contributed by atoms with Gasteiger partial charge in [0, 0.05) is 23.0 Å². The van der Waals surface area contributed by atoms with Gasteiger partial charge in [0.05, 0.1) is 11.6 Å². The highest BCUT2D eigenvalue weighted by Crippen LogP contribution is 2.43. The van der Waals surface area contributed by atoms with Crippen molar-refractivity contribution in [3.63, 3.8) is 0 Å². The van der Waals surface area contributed by atoms with E-state index in [1.165, 1.54) is 17.9 Å². The van der Waals surface area contributed by atoms with Crippen molar-refractivity contribution in [2.75, 3.05) is 4.90 Å². The van der Waals surface area contributed by atoms with Crippen molar-refractivity contribution in [1.29, 1.82) is 0 Å². The van der Waals surface area contributed by atoms with Crippen LogP contribution < -0.4 is 9.64 Å². The molecule has 1 aromatic heterocycles. The van der Waals surface area contributed by atoms with Crippen molar-refractivity contribution in [3.05, 3.63) is 106 Å². The van der Waals surface area contributed by atoms with Crippen LogP contribution in [-0.2, 0) is 9.59 Å². The molecule has 7 nitrogen and oxygen atoms in total. The molecule has 0 fully saturated rings. The number of anilines is 1. The lowest BCUT2D eigenvalue weighted by atomic mass is 9.94. The first kappa shape index (κ1) is 24.3. The van der Waals surface area contributed by atoms with Gasteiger partial charge in [-0.1, -0.05) is 29.8 Å². The van der Waals surface area contributed by atoms with E-state index in [1.807, 2.05) is 26.0 Å². The minimum atomic E-state index is -0.953. The van der Waals surface area contributed by atoms with Crippen LogP contribution >= 0.6 is 11.6 Å². The van der Waals surface area contributed by atoms with Crippen molar-refractivity contribution < 1.29 is 28.6 Å². The van der Waals surface area contributed by atoms with E-state index in [9.17, 15) is 19.5 Å². The van der Waals surface area contributed by atoms with Crippen LogP contribution in [0.2, 0.25) is 5.02 Å². The van der Waals surface area contributed by atoms with Crippen LogP contribution in [0.4, 0.5) is 5.69 Å². The molecule has 0 aliphatic carbocycles. The first-order valence-electron chi connectivity index (χ1n) is 11.5. The van der Waals surface area contributed by atoms with Gasteiger partial charge in [-0.2, -0.15) is 0 Å². The SMILES string of the molecule is CC(=O)Oc1ccc(C2C(C(=O)c3cc4cc(Cl)ccc4o3)=C(O)C(=O)N2c2ccc(C)c(C)c2)cc1. The van der Waals surface area contributed by atoms with Crippen molar-refractivity contribution in [3.8, 4) is 5.75 Å². The number of halogens is 1. The zero-order valence-electron chi connectivity index (χ0n) is 20.2. The number of rotatable bonds is 5. The van der Waals surface area contributed by atoms with E-state index >= 15 is 0 Å². The van der Waals surface area contributed by atoms with Crippen LogP contribution in [0.1, 0.15) is 40.2 Å². The highest BCUT2D eigenvalue weighted by molar-refractivity contribution is 6.31. The van der Waals surface area contributed by atoms with Crippen molar-refractivity contribution in [1.82, 2.24) is 0 Å². The third kappa shape index (κ3) is 4.38. The Morgan fingerprint density at radius 2 is 1.70 bits per heavy atom. The third-order valence-corrected chi connectivity index (χ3v) is 6.62. The van der Waals surface area contributed by atoms with E-state index in [0.717, 1.165) is 11.1 Å². The lowest BCUT2D eigenvalue weighted by Crippen LogP contribution is -2.31. The van der Waals surface area contributed by atoms with Crippen LogP contribution in [0, 0.1) is 13.8 Å². The number of esters is 1. The summed E-state index contributed by atoms with van der Waals surface area (Å²) in [5.74, 6) is -2.18. The molecule has 0 spiro atoms. The maximum Gasteiger partial charge on any atom is 0.308 e. The molecule has 1 aliphatic heterocycles. The van der Waals surface area contributed by atoms with Gasteiger partial charge in [-0.05, 0) is 79.1 Å². The number of aliphatic hydroxyl groups is 1. The molecule has 37 heavy (non-hydrogen) atoms. The minimum Gasteiger partial charge on any atom is -0.503 e. The molecular formula is C29H22ClNO6. The Labute approximate surface area is 217 Å². The van der Waals surface area contributed by atoms with Crippen molar-refractivity contribution in [2.45, 2.75) is 26.8 Å². The highest BCUT2D eigenvalue weighted by Gasteiger charge is 2.45. The lowest BCUT2D eigenvalue weighted by molar-refractivity contribution is -0.131. The number of hydrogen-bond donors (Lipinski definition) is 1. The molecule has 1 atom stereocenters. The van der Waals surface area contributed by atoms with Crippen LogP contribution in [0.3, 0.4) is 0 Å². The van der Waals surface area contributed by atoms with Gasteiger partial charge in [0.1, 0.15) is 11.3 Å². The molecule has 1 amide bonds. The maximum absolute atomic E-state index is 13.8. The summed E-state index contributed by atoms with van der Waals surface area (Å²) in [6, 6.07) is 17.4. The standard InChI is InChI=1S/C29H22ClNO6/c1-15-4-8-21(12-16(15)2)31-26(18-5-9-22(10-6-18)36-17(3)32)25(28(34)29(31)35)27(33)24-14-19-13-20(30)7-11-23(19)37-24/h4-14,26,34H,1-3H3. The Bertz CT molecular complexity index is 1620. The average molecular weight is 516 g/mol. The monoisotopic (exact) mass is 515 g/mol. The number of carbonyl (C=O) groups is 3. The molecule has 0 saturated heterocycles. The fourth-order valence-corrected chi connectivity index (χ4v) is 4.62.